The lowest BCUT2D eigenvalue weighted by Gasteiger charge is -2.21. The van der Waals surface area contributed by atoms with Crippen LogP contribution in [-0.2, 0) is 19.0 Å². The van der Waals surface area contributed by atoms with Gasteiger partial charge in [0.1, 0.15) is 12.2 Å². The fourth-order valence-electron chi connectivity index (χ4n) is 2.67. The van der Waals surface area contributed by atoms with E-state index in [0.717, 1.165) is 0 Å². The SMILES string of the molecule is CC1(C)OC2OC3C(O)C(=O)CC3C2O1. The quantitative estimate of drug-likeness (QED) is 0.605. The van der Waals surface area contributed by atoms with Crippen molar-refractivity contribution in [3.63, 3.8) is 0 Å². The normalized spacial score (nSPS) is 51.9. The molecule has 1 aliphatic carbocycles. The van der Waals surface area contributed by atoms with Crippen molar-refractivity contribution in [3.8, 4) is 0 Å². The first kappa shape index (κ1) is 9.72. The highest BCUT2D eigenvalue weighted by atomic mass is 16.8. The topological polar surface area (TPSA) is 65.0 Å². The van der Waals surface area contributed by atoms with E-state index in [1.807, 2.05) is 13.8 Å². The zero-order valence-electron chi connectivity index (χ0n) is 8.67. The maximum absolute atomic E-state index is 11.3. The van der Waals surface area contributed by atoms with Crippen LogP contribution >= 0.6 is 0 Å². The van der Waals surface area contributed by atoms with Gasteiger partial charge in [-0.1, -0.05) is 0 Å². The van der Waals surface area contributed by atoms with Crippen LogP contribution in [0.2, 0.25) is 0 Å². The predicted molar refractivity (Wildman–Crippen MR) is 47.8 cm³/mol. The van der Waals surface area contributed by atoms with Gasteiger partial charge in [0.25, 0.3) is 0 Å². The van der Waals surface area contributed by atoms with E-state index >= 15 is 0 Å². The third kappa shape index (κ3) is 1.27. The molecule has 3 fully saturated rings. The van der Waals surface area contributed by atoms with Crippen LogP contribution in [0.5, 0.6) is 0 Å². The van der Waals surface area contributed by atoms with Gasteiger partial charge in [-0.15, -0.1) is 0 Å². The Morgan fingerprint density at radius 2 is 2.07 bits per heavy atom. The number of aliphatic hydroxyl groups is 1. The molecule has 5 unspecified atom stereocenters. The van der Waals surface area contributed by atoms with E-state index in [1.54, 1.807) is 0 Å². The summed E-state index contributed by atoms with van der Waals surface area (Å²) >= 11 is 0. The summed E-state index contributed by atoms with van der Waals surface area (Å²) in [5.41, 5.74) is 0. The molecule has 5 atom stereocenters. The van der Waals surface area contributed by atoms with E-state index in [2.05, 4.69) is 0 Å². The number of ether oxygens (including phenoxy) is 3. The Morgan fingerprint density at radius 1 is 1.33 bits per heavy atom. The molecule has 1 N–H and O–H groups in total. The van der Waals surface area contributed by atoms with Crippen LogP contribution in [0.3, 0.4) is 0 Å². The molecule has 2 heterocycles. The first-order chi connectivity index (χ1) is 6.98. The van der Waals surface area contributed by atoms with Gasteiger partial charge in [0.15, 0.2) is 17.9 Å². The van der Waals surface area contributed by atoms with Gasteiger partial charge < -0.3 is 19.3 Å². The molecule has 0 aromatic carbocycles. The van der Waals surface area contributed by atoms with Crippen molar-refractivity contribution >= 4 is 5.78 Å². The maximum Gasteiger partial charge on any atom is 0.187 e. The van der Waals surface area contributed by atoms with Crippen LogP contribution in [0.15, 0.2) is 0 Å². The molecule has 5 nitrogen and oxygen atoms in total. The molecule has 0 bridgehead atoms. The van der Waals surface area contributed by atoms with E-state index < -0.39 is 24.3 Å². The third-order valence-electron chi connectivity index (χ3n) is 3.30. The minimum Gasteiger partial charge on any atom is -0.383 e. The molecule has 0 radical (unpaired) electrons. The second-order valence-corrected chi connectivity index (χ2v) is 4.85. The number of rotatable bonds is 0. The second-order valence-electron chi connectivity index (χ2n) is 4.85. The highest BCUT2D eigenvalue weighted by molar-refractivity contribution is 5.86. The van der Waals surface area contributed by atoms with Crippen LogP contribution in [0, 0.1) is 5.92 Å². The van der Waals surface area contributed by atoms with Crippen LogP contribution in [0.4, 0.5) is 0 Å². The summed E-state index contributed by atoms with van der Waals surface area (Å²) in [6.07, 6.45) is -1.77. The average molecular weight is 214 g/mol. The standard InChI is InChI=1S/C10H14O5/c1-10(2)14-8-4-3-5(11)6(12)7(4)13-9(8)15-10/h4,6-9,12H,3H2,1-2H3. The molecule has 5 heteroatoms. The number of hydrogen-bond acceptors (Lipinski definition) is 5. The number of fused-ring (bicyclic) bond motifs is 3. The zero-order valence-corrected chi connectivity index (χ0v) is 8.67. The van der Waals surface area contributed by atoms with Gasteiger partial charge in [0.2, 0.25) is 0 Å². The molecule has 0 spiro atoms. The number of ketones is 1. The van der Waals surface area contributed by atoms with Gasteiger partial charge in [-0.3, -0.25) is 4.79 Å². The average Bonchev–Trinajstić information content (AvgIpc) is 2.66. The summed E-state index contributed by atoms with van der Waals surface area (Å²) in [5.74, 6) is -0.868. The Morgan fingerprint density at radius 3 is 2.80 bits per heavy atom. The van der Waals surface area contributed by atoms with E-state index in [-0.39, 0.29) is 17.8 Å². The molecule has 84 valence electrons. The molecule has 2 aliphatic heterocycles. The van der Waals surface area contributed by atoms with Gasteiger partial charge in [0.05, 0.1) is 6.10 Å². The lowest BCUT2D eigenvalue weighted by Crippen LogP contribution is -2.32. The Bertz CT molecular complexity index is 313. The number of Topliss-reactive ketones (excluding diaryl/α,β-unsaturated/α-hetero) is 1. The van der Waals surface area contributed by atoms with Crippen molar-refractivity contribution in [1.82, 2.24) is 0 Å². The molecule has 3 aliphatic rings. The third-order valence-corrected chi connectivity index (χ3v) is 3.30. The lowest BCUT2D eigenvalue weighted by atomic mass is 10.0. The van der Waals surface area contributed by atoms with E-state index in [0.29, 0.717) is 6.42 Å². The van der Waals surface area contributed by atoms with Crippen LogP contribution in [0.25, 0.3) is 0 Å². The number of aliphatic hydroxyl groups excluding tert-OH is 1. The first-order valence-electron chi connectivity index (χ1n) is 5.20. The highest BCUT2D eigenvalue weighted by Gasteiger charge is 2.60. The lowest BCUT2D eigenvalue weighted by molar-refractivity contribution is -0.214. The molecule has 3 rings (SSSR count). The van der Waals surface area contributed by atoms with Gasteiger partial charge in [0, 0.05) is 12.3 Å². The van der Waals surface area contributed by atoms with Gasteiger partial charge >= 0.3 is 0 Å². The maximum atomic E-state index is 11.3. The van der Waals surface area contributed by atoms with Gasteiger partial charge in [-0.05, 0) is 13.8 Å². The van der Waals surface area contributed by atoms with Crippen LogP contribution < -0.4 is 0 Å². The van der Waals surface area contributed by atoms with Crippen molar-refractivity contribution in [2.45, 2.75) is 50.7 Å². The molecular formula is C10H14O5. The highest BCUT2D eigenvalue weighted by Crippen LogP contribution is 2.46. The summed E-state index contributed by atoms with van der Waals surface area (Å²) in [5, 5.41) is 9.57. The monoisotopic (exact) mass is 214 g/mol. The summed E-state index contributed by atoms with van der Waals surface area (Å²) in [6.45, 7) is 3.63. The number of carbonyl (C=O) groups excluding carboxylic acids is 1. The van der Waals surface area contributed by atoms with Gasteiger partial charge in [-0.2, -0.15) is 0 Å². The number of carbonyl (C=O) groups is 1. The van der Waals surface area contributed by atoms with Crippen molar-refractivity contribution in [3.05, 3.63) is 0 Å². The largest absolute Gasteiger partial charge is 0.383 e. The van der Waals surface area contributed by atoms with Crippen molar-refractivity contribution in [2.24, 2.45) is 5.92 Å². The molecule has 0 amide bonds. The fourth-order valence-corrected chi connectivity index (χ4v) is 2.67. The van der Waals surface area contributed by atoms with Crippen LogP contribution in [0.1, 0.15) is 20.3 Å². The first-order valence-corrected chi connectivity index (χ1v) is 5.20. The molecule has 0 aromatic heterocycles. The molecule has 15 heavy (non-hydrogen) atoms. The van der Waals surface area contributed by atoms with E-state index in [4.69, 9.17) is 14.2 Å². The predicted octanol–water partition coefficient (Wildman–Crippen LogP) is -0.187. The Kier molecular flexibility index (Phi) is 1.81. The van der Waals surface area contributed by atoms with E-state index in [9.17, 15) is 9.90 Å². The second kappa shape index (κ2) is 2.79. The van der Waals surface area contributed by atoms with Crippen LogP contribution in [-0.4, -0.2) is 41.3 Å². The Balaban J connectivity index is 1.83. The molecule has 0 aromatic rings. The molecule has 1 saturated carbocycles. The Labute approximate surface area is 87.3 Å². The van der Waals surface area contributed by atoms with Gasteiger partial charge in [-0.25, -0.2) is 0 Å². The molecular weight excluding hydrogens is 200 g/mol. The summed E-state index contributed by atoms with van der Waals surface area (Å²) < 4.78 is 16.7. The summed E-state index contributed by atoms with van der Waals surface area (Å²) in [6, 6.07) is 0. The molecule has 2 saturated heterocycles. The zero-order chi connectivity index (χ0) is 10.8. The van der Waals surface area contributed by atoms with Crippen molar-refractivity contribution in [2.75, 3.05) is 0 Å². The minimum absolute atomic E-state index is 0.0562. The summed E-state index contributed by atoms with van der Waals surface area (Å²) in [7, 11) is 0. The fraction of sp³-hybridized carbons (Fsp3) is 0.900. The Hall–Kier alpha value is -0.490. The van der Waals surface area contributed by atoms with Crippen molar-refractivity contribution < 1.29 is 24.1 Å². The minimum atomic E-state index is -1.00. The van der Waals surface area contributed by atoms with Crippen molar-refractivity contribution in [1.29, 1.82) is 0 Å². The number of hydrogen-bond donors (Lipinski definition) is 1. The summed E-state index contributed by atoms with van der Waals surface area (Å²) in [4.78, 5) is 11.3. The smallest absolute Gasteiger partial charge is 0.187 e. The van der Waals surface area contributed by atoms with E-state index in [1.165, 1.54) is 0 Å².